The van der Waals surface area contributed by atoms with Crippen LogP contribution in [0.5, 0.6) is 0 Å². The van der Waals surface area contributed by atoms with E-state index in [4.69, 9.17) is 0 Å². The molecule has 0 aliphatic carbocycles. The van der Waals surface area contributed by atoms with Gasteiger partial charge in [0, 0.05) is 0 Å². The number of halogens is 14. The molecule has 0 aromatic heterocycles. The summed E-state index contributed by atoms with van der Waals surface area (Å²) < 4.78 is 195. The monoisotopic (exact) mass is 634 g/mol. The van der Waals surface area contributed by atoms with Crippen LogP contribution < -0.4 is 0 Å². The van der Waals surface area contributed by atoms with Gasteiger partial charge in [-0.05, 0) is 0 Å². The van der Waals surface area contributed by atoms with Gasteiger partial charge in [-0.15, -0.1) is 0 Å². The van der Waals surface area contributed by atoms with Crippen LogP contribution in [-0.4, -0.2) is 49.3 Å². The van der Waals surface area contributed by atoms with Crippen molar-refractivity contribution in [3.63, 3.8) is 0 Å². The van der Waals surface area contributed by atoms with Gasteiger partial charge in [0.2, 0.25) is 0 Å². The maximum atomic E-state index is 14.5. The molecule has 0 unspecified atom stereocenters. The fraction of sp³-hybridized carbons (Fsp3) is 0.538. The van der Waals surface area contributed by atoms with E-state index in [1.54, 1.807) is 0 Å². The van der Waals surface area contributed by atoms with Gasteiger partial charge in [-0.25, -0.2) is 0 Å². The topological polar surface area (TPSA) is 52.6 Å². The Morgan fingerprint density at radius 2 is 1.09 bits per heavy atom. The van der Waals surface area contributed by atoms with E-state index in [1.165, 1.54) is 0 Å². The predicted molar refractivity (Wildman–Crippen MR) is 87.0 cm³/mol. The zero-order valence-corrected chi connectivity index (χ0v) is 17.7. The Morgan fingerprint density at radius 3 is 1.47 bits per heavy atom. The minimum atomic E-state index is -8.11. The third-order valence-electron chi connectivity index (χ3n) is 3.39. The Hall–Kier alpha value is -1.09. The molecule has 4 nitrogen and oxygen atoms in total. The van der Waals surface area contributed by atoms with E-state index in [0.29, 0.717) is 12.1 Å². The molecule has 0 heterocycles. The van der Waals surface area contributed by atoms with Crippen molar-refractivity contribution in [2.45, 2.75) is 33.8 Å². The molecular weight excluding hydrogens is 626 g/mol. The van der Waals surface area contributed by atoms with Gasteiger partial charge < -0.3 is 0 Å². The first-order valence-electron chi connectivity index (χ1n) is 7.22. The third kappa shape index (κ3) is 4.61. The molecule has 0 amide bonds. The van der Waals surface area contributed by atoms with Crippen molar-refractivity contribution in [3.8, 4) is 0 Å². The van der Waals surface area contributed by atoms with Crippen LogP contribution in [0.25, 0.3) is 0 Å². The molecule has 0 radical (unpaired) electrons. The number of hydrogen-bond donors (Lipinski definition) is 0. The second kappa shape index (κ2) is 8.60. The molecule has 0 bridgehead atoms. The van der Waals surface area contributed by atoms with Crippen LogP contribution in [0.4, 0.5) is 57.1 Å². The van der Waals surface area contributed by atoms with Crippen LogP contribution in [0.3, 0.4) is 0 Å². The molecular formula is C13H8F13IO4S. The zero-order valence-electron chi connectivity index (χ0n) is 14.7. The summed E-state index contributed by atoms with van der Waals surface area (Å²) in [5.74, 6) is -31.7. The predicted octanol–water partition coefficient (Wildman–Crippen LogP) is 5.88. The SMILES string of the molecule is COS(=O)(=O)OI(c1ccccc1)C(F)(F)C(F)(F)C(F)(F)C(F)(F)C(F)(F)C(F)(F)F. The summed E-state index contributed by atoms with van der Waals surface area (Å²) in [7, 11) is -5.41. The van der Waals surface area contributed by atoms with E-state index in [2.05, 4.69) is 6.70 Å². The van der Waals surface area contributed by atoms with Gasteiger partial charge in [-0.3, -0.25) is 0 Å². The van der Waals surface area contributed by atoms with Crippen molar-refractivity contribution in [1.29, 1.82) is 0 Å². The van der Waals surface area contributed by atoms with E-state index in [-0.39, 0.29) is 7.11 Å². The Kier molecular flexibility index (Phi) is 7.78. The quantitative estimate of drug-likeness (QED) is 0.194. The van der Waals surface area contributed by atoms with Crippen molar-refractivity contribution in [3.05, 3.63) is 33.9 Å². The first-order chi connectivity index (χ1) is 14.0. The maximum absolute atomic E-state index is 14.5. The molecule has 1 aromatic rings. The Labute approximate surface area is 177 Å². The van der Waals surface area contributed by atoms with Crippen LogP contribution in [0.15, 0.2) is 30.3 Å². The third-order valence-corrected chi connectivity index (χ3v) is 10.2. The summed E-state index contributed by atoms with van der Waals surface area (Å²) in [6, 6.07) is 3.38. The van der Waals surface area contributed by atoms with Gasteiger partial charge in [0.05, 0.1) is 0 Å². The fourth-order valence-corrected chi connectivity index (χ4v) is 7.93. The summed E-state index contributed by atoms with van der Waals surface area (Å²) in [5.41, 5.74) is 0. The summed E-state index contributed by atoms with van der Waals surface area (Å²) in [4.78, 5) is 0. The molecule has 32 heavy (non-hydrogen) atoms. The van der Waals surface area contributed by atoms with Crippen molar-refractivity contribution in [1.82, 2.24) is 0 Å². The first kappa shape index (κ1) is 28.9. The zero-order chi connectivity index (χ0) is 25.6. The van der Waals surface area contributed by atoms with E-state index >= 15 is 0 Å². The number of benzene rings is 1. The summed E-state index contributed by atoms with van der Waals surface area (Å²) >= 11 is -6.21. The van der Waals surface area contributed by atoms with Gasteiger partial charge in [0.1, 0.15) is 0 Å². The molecule has 19 heteroatoms. The molecule has 0 saturated heterocycles. The first-order valence-corrected chi connectivity index (χ1v) is 11.6. The molecule has 0 saturated carbocycles. The minimum absolute atomic E-state index is 0.234. The van der Waals surface area contributed by atoms with Crippen LogP contribution in [0.1, 0.15) is 0 Å². The van der Waals surface area contributed by atoms with E-state index in [1.807, 2.05) is 0 Å². The second-order valence-corrected chi connectivity index (χ2v) is 11.9. The number of hydrogen-bond acceptors (Lipinski definition) is 4. The summed E-state index contributed by atoms with van der Waals surface area (Å²) in [5, 5.41) is 0. The number of alkyl halides is 14. The van der Waals surface area contributed by atoms with Gasteiger partial charge in [0.15, 0.2) is 0 Å². The molecule has 0 aliphatic heterocycles. The van der Waals surface area contributed by atoms with Crippen molar-refractivity contribution < 1.29 is 72.2 Å². The Balaban J connectivity index is 3.74. The molecule has 0 fully saturated rings. The number of rotatable bonds is 9. The average Bonchev–Trinajstić information content (AvgIpc) is 2.65. The molecule has 0 spiro atoms. The van der Waals surface area contributed by atoms with Crippen molar-refractivity contribution >= 4 is 30.6 Å². The van der Waals surface area contributed by atoms with E-state index in [0.717, 1.165) is 18.2 Å². The van der Waals surface area contributed by atoms with Crippen LogP contribution in [-0.2, 0) is 17.1 Å². The van der Waals surface area contributed by atoms with Crippen molar-refractivity contribution in [2.75, 3.05) is 7.11 Å². The molecule has 0 N–H and O–H groups in total. The second-order valence-electron chi connectivity index (χ2n) is 5.48. The van der Waals surface area contributed by atoms with Crippen LogP contribution >= 0.6 is 20.2 Å². The molecule has 1 rings (SSSR count). The van der Waals surface area contributed by atoms with Gasteiger partial charge in [-0.2, -0.15) is 0 Å². The summed E-state index contributed by atoms with van der Waals surface area (Å²) in [6.45, 7) is 0. The van der Waals surface area contributed by atoms with Gasteiger partial charge in [-0.1, -0.05) is 0 Å². The molecule has 0 aliphatic rings. The van der Waals surface area contributed by atoms with Crippen LogP contribution in [0.2, 0.25) is 0 Å². The van der Waals surface area contributed by atoms with Crippen molar-refractivity contribution in [2.24, 2.45) is 0 Å². The fourth-order valence-electron chi connectivity index (χ4n) is 1.70. The molecule has 188 valence electrons. The van der Waals surface area contributed by atoms with E-state index < -0.39 is 68.0 Å². The molecule has 0 atom stereocenters. The Bertz CT molecular complexity index is 902. The summed E-state index contributed by atoms with van der Waals surface area (Å²) in [6.07, 6.45) is -7.56. The molecule has 1 aromatic carbocycles. The van der Waals surface area contributed by atoms with Gasteiger partial charge >= 0.3 is 178 Å². The van der Waals surface area contributed by atoms with Crippen LogP contribution in [0, 0.1) is 3.57 Å². The standard InChI is InChI=1S/C13H8F13IO4S/c1-30-32(28,29)31-27(7-5-3-2-4-6-7)13(25,26)11(20,21)9(16,17)8(14,15)10(18,19)12(22,23)24/h2-6H,1H3. The van der Waals surface area contributed by atoms with E-state index in [9.17, 15) is 65.5 Å². The average molecular weight is 634 g/mol. The Morgan fingerprint density at radius 1 is 0.688 bits per heavy atom. The normalized spacial score (nSPS) is 15.6. The van der Waals surface area contributed by atoms with Gasteiger partial charge in [0.25, 0.3) is 0 Å².